The summed E-state index contributed by atoms with van der Waals surface area (Å²) in [6.45, 7) is 1.99. The van der Waals surface area contributed by atoms with Gasteiger partial charge < -0.3 is 15.4 Å². The van der Waals surface area contributed by atoms with Crippen molar-refractivity contribution in [3.05, 3.63) is 75.2 Å². The molecule has 0 aliphatic carbocycles. The molecule has 164 valence electrons. The van der Waals surface area contributed by atoms with Crippen molar-refractivity contribution in [3.63, 3.8) is 0 Å². The van der Waals surface area contributed by atoms with Gasteiger partial charge in [-0.1, -0.05) is 47.6 Å². The molecule has 2 heterocycles. The third-order valence-corrected chi connectivity index (χ3v) is 6.04. The van der Waals surface area contributed by atoms with Gasteiger partial charge in [0.2, 0.25) is 0 Å². The highest BCUT2D eigenvalue weighted by atomic mass is 35.5. The van der Waals surface area contributed by atoms with E-state index in [-0.39, 0.29) is 24.5 Å². The molecule has 1 aliphatic rings. The van der Waals surface area contributed by atoms with E-state index in [0.717, 1.165) is 0 Å². The van der Waals surface area contributed by atoms with E-state index < -0.39 is 12.0 Å². The summed E-state index contributed by atoms with van der Waals surface area (Å²) in [5.41, 5.74) is 1.50. The Balaban J connectivity index is 1.79. The molecular formula is C22H19ClN4O4S. The van der Waals surface area contributed by atoms with E-state index in [9.17, 15) is 14.4 Å². The Morgan fingerprint density at radius 2 is 1.94 bits per heavy atom. The molecule has 0 spiro atoms. The van der Waals surface area contributed by atoms with E-state index in [2.05, 4.69) is 15.6 Å². The number of benzene rings is 2. The molecule has 0 bridgehead atoms. The number of urea groups is 1. The fourth-order valence-corrected chi connectivity index (χ4v) is 4.47. The van der Waals surface area contributed by atoms with Crippen molar-refractivity contribution in [2.24, 2.45) is 0 Å². The first kappa shape index (κ1) is 21.9. The predicted molar refractivity (Wildman–Crippen MR) is 123 cm³/mol. The first-order valence-corrected chi connectivity index (χ1v) is 11.2. The second-order valence-electron chi connectivity index (χ2n) is 6.78. The third kappa shape index (κ3) is 4.35. The molecular weight excluding hydrogens is 452 g/mol. The molecule has 3 aromatic rings. The van der Waals surface area contributed by atoms with Crippen LogP contribution in [0.2, 0.25) is 5.02 Å². The van der Waals surface area contributed by atoms with Crippen LogP contribution in [0.3, 0.4) is 0 Å². The van der Waals surface area contributed by atoms with Crippen molar-refractivity contribution in [1.82, 2.24) is 20.2 Å². The van der Waals surface area contributed by atoms with Gasteiger partial charge in [-0.25, -0.2) is 14.6 Å². The number of para-hydroxylation sites is 2. The SMILES string of the molecule is CCOC(=O)C1=C(CSc2nc3ccccc3c(=O)n2-c2ccccc2Cl)NC(=O)NC1. The van der Waals surface area contributed by atoms with Gasteiger partial charge >= 0.3 is 12.0 Å². The summed E-state index contributed by atoms with van der Waals surface area (Å²) in [6.07, 6.45) is 0. The lowest BCUT2D eigenvalue weighted by molar-refractivity contribution is -0.138. The van der Waals surface area contributed by atoms with Crippen molar-refractivity contribution in [2.45, 2.75) is 12.1 Å². The van der Waals surface area contributed by atoms with Crippen molar-refractivity contribution in [3.8, 4) is 5.69 Å². The van der Waals surface area contributed by atoms with Crippen LogP contribution in [0.5, 0.6) is 0 Å². The molecule has 1 aliphatic heterocycles. The zero-order valence-electron chi connectivity index (χ0n) is 17.1. The number of amides is 2. The molecule has 0 atom stereocenters. The van der Waals surface area contributed by atoms with Crippen LogP contribution in [-0.4, -0.2) is 40.5 Å². The summed E-state index contributed by atoms with van der Waals surface area (Å²) < 4.78 is 6.55. The molecule has 1 aromatic heterocycles. The largest absolute Gasteiger partial charge is 0.463 e. The molecule has 8 nitrogen and oxygen atoms in total. The summed E-state index contributed by atoms with van der Waals surface area (Å²) in [5, 5.41) is 6.47. The van der Waals surface area contributed by atoms with Crippen LogP contribution in [-0.2, 0) is 9.53 Å². The van der Waals surface area contributed by atoms with Gasteiger partial charge in [0.1, 0.15) is 0 Å². The highest BCUT2D eigenvalue weighted by Gasteiger charge is 2.24. The van der Waals surface area contributed by atoms with Gasteiger partial charge in [-0.15, -0.1) is 0 Å². The predicted octanol–water partition coefficient (Wildman–Crippen LogP) is 3.26. The van der Waals surface area contributed by atoms with E-state index in [0.29, 0.717) is 38.0 Å². The minimum atomic E-state index is -0.509. The van der Waals surface area contributed by atoms with Crippen LogP contribution < -0.4 is 16.2 Å². The van der Waals surface area contributed by atoms with E-state index in [1.807, 2.05) is 0 Å². The molecule has 2 amide bonds. The number of carbonyl (C=O) groups is 2. The molecule has 0 unspecified atom stereocenters. The first-order valence-electron chi connectivity index (χ1n) is 9.83. The normalized spacial score (nSPS) is 13.6. The number of thioether (sulfide) groups is 1. The summed E-state index contributed by atoms with van der Waals surface area (Å²) in [4.78, 5) is 42.2. The number of fused-ring (bicyclic) bond motifs is 1. The molecule has 0 saturated carbocycles. The van der Waals surface area contributed by atoms with Gasteiger partial charge in [0, 0.05) is 11.4 Å². The fraction of sp³-hybridized carbons (Fsp3) is 0.182. The summed E-state index contributed by atoms with van der Waals surface area (Å²) >= 11 is 7.60. The summed E-state index contributed by atoms with van der Waals surface area (Å²) in [6, 6.07) is 13.6. The molecule has 2 N–H and O–H groups in total. The Hall–Kier alpha value is -3.30. The molecule has 4 rings (SSSR count). The maximum absolute atomic E-state index is 13.3. The second-order valence-corrected chi connectivity index (χ2v) is 8.13. The lowest BCUT2D eigenvalue weighted by Gasteiger charge is -2.21. The van der Waals surface area contributed by atoms with Crippen molar-refractivity contribution < 1.29 is 14.3 Å². The van der Waals surface area contributed by atoms with Crippen LogP contribution in [0, 0.1) is 0 Å². The number of rotatable bonds is 6. The molecule has 0 fully saturated rings. The lowest BCUT2D eigenvalue weighted by atomic mass is 10.2. The van der Waals surface area contributed by atoms with Crippen LogP contribution in [0.25, 0.3) is 16.6 Å². The average Bonchev–Trinajstić information content (AvgIpc) is 2.79. The van der Waals surface area contributed by atoms with E-state index in [1.165, 1.54) is 16.3 Å². The smallest absolute Gasteiger partial charge is 0.337 e. The number of hydrogen-bond acceptors (Lipinski definition) is 6. The van der Waals surface area contributed by atoms with Crippen LogP contribution in [0.1, 0.15) is 6.92 Å². The van der Waals surface area contributed by atoms with Gasteiger partial charge in [0.15, 0.2) is 5.16 Å². The number of ether oxygens (including phenoxy) is 1. The Morgan fingerprint density at radius 1 is 1.19 bits per heavy atom. The van der Waals surface area contributed by atoms with Gasteiger partial charge in [-0.2, -0.15) is 0 Å². The van der Waals surface area contributed by atoms with Gasteiger partial charge in [0.25, 0.3) is 5.56 Å². The molecule has 32 heavy (non-hydrogen) atoms. The van der Waals surface area contributed by atoms with Gasteiger partial charge in [0.05, 0.1) is 40.3 Å². The topological polar surface area (TPSA) is 102 Å². The molecule has 0 radical (unpaired) electrons. The first-order chi connectivity index (χ1) is 15.5. The minimum Gasteiger partial charge on any atom is -0.463 e. The average molecular weight is 471 g/mol. The maximum atomic E-state index is 13.3. The van der Waals surface area contributed by atoms with E-state index in [1.54, 1.807) is 55.5 Å². The molecule has 2 aromatic carbocycles. The lowest BCUT2D eigenvalue weighted by Crippen LogP contribution is -2.44. The summed E-state index contributed by atoms with van der Waals surface area (Å²) in [5.74, 6) is -0.317. The Bertz CT molecular complexity index is 1300. The number of halogens is 1. The van der Waals surface area contributed by atoms with Gasteiger partial charge in [-0.3, -0.25) is 9.36 Å². The quantitative estimate of drug-likeness (QED) is 0.325. The number of nitrogens with zero attached hydrogens (tertiary/aromatic N) is 2. The number of hydrogen-bond donors (Lipinski definition) is 2. The van der Waals surface area contributed by atoms with E-state index in [4.69, 9.17) is 16.3 Å². The maximum Gasteiger partial charge on any atom is 0.337 e. The number of esters is 1. The third-order valence-electron chi connectivity index (χ3n) is 4.76. The number of aromatic nitrogens is 2. The molecule has 0 saturated heterocycles. The highest BCUT2D eigenvalue weighted by molar-refractivity contribution is 7.99. The fourth-order valence-electron chi connectivity index (χ4n) is 3.26. The highest BCUT2D eigenvalue weighted by Crippen LogP contribution is 2.27. The Labute approximate surface area is 192 Å². The Kier molecular flexibility index (Phi) is 6.48. The van der Waals surface area contributed by atoms with Crippen LogP contribution in [0.15, 0.2) is 69.8 Å². The van der Waals surface area contributed by atoms with Crippen LogP contribution >= 0.6 is 23.4 Å². The van der Waals surface area contributed by atoms with Crippen molar-refractivity contribution >= 4 is 46.3 Å². The van der Waals surface area contributed by atoms with Gasteiger partial charge in [-0.05, 0) is 31.2 Å². The number of nitrogens with one attached hydrogen (secondary N) is 2. The van der Waals surface area contributed by atoms with Crippen LogP contribution in [0.4, 0.5) is 4.79 Å². The zero-order chi connectivity index (χ0) is 22.7. The van der Waals surface area contributed by atoms with Crippen molar-refractivity contribution in [2.75, 3.05) is 18.9 Å². The Morgan fingerprint density at radius 3 is 2.72 bits per heavy atom. The monoisotopic (exact) mass is 470 g/mol. The minimum absolute atomic E-state index is 0.0586. The second kappa shape index (κ2) is 9.46. The number of carbonyl (C=O) groups excluding carboxylic acids is 2. The van der Waals surface area contributed by atoms with E-state index >= 15 is 0 Å². The zero-order valence-corrected chi connectivity index (χ0v) is 18.6. The van der Waals surface area contributed by atoms with Crippen molar-refractivity contribution in [1.29, 1.82) is 0 Å². The standard InChI is InChI=1S/C22H19ClN4O4S/c1-2-31-20(29)14-11-24-21(30)25-17(14)12-32-22-26-16-9-5-3-7-13(16)19(28)27(22)18-10-6-4-8-15(18)23/h3-10H,2,11-12H2,1H3,(H2,24,25,30). The molecule has 10 heteroatoms. The summed E-state index contributed by atoms with van der Waals surface area (Å²) in [7, 11) is 0.